The van der Waals surface area contributed by atoms with Crippen LogP contribution in [0.15, 0.2) is 90.7 Å². The van der Waals surface area contributed by atoms with Gasteiger partial charge in [-0.15, -0.1) is 0 Å². The second-order valence-electron chi connectivity index (χ2n) is 9.03. The molecule has 8 heteroatoms. The fraction of sp³-hybridized carbons (Fsp3) is 0.172. The van der Waals surface area contributed by atoms with Crippen LogP contribution in [0, 0.1) is 5.82 Å². The summed E-state index contributed by atoms with van der Waals surface area (Å²) in [5.74, 6) is -0.0161. The van der Waals surface area contributed by atoms with E-state index < -0.39 is 6.09 Å². The van der Waals surface area contributed by atoms with E-state index in [1.165, 1.54) is 12.1 Å². The number of fused-ring (bicyclic) bond motifs is 1. The summed E-state index contributed by atoms with van der Waals surface area (Å²) in [5.41, 5.74) is 9.43. The average molecular weight is 499 g/mol. The monoisotopic (exact) mass is 498 g/mol. The van der Waals surface area contributed by atoms with Gasteiger partial charge in [0, 0.05) is 43.0 Å². The predicted octanol–water partition coefficient (Wildman–Crippen LogP) is 4.96. The zero-order valence-electron chi connectivity index (χ0n) is 20.1. The van der Waals surface area contributed by atoms with E-state index in [0.717, 1.165) is 27.6 Å². The Morgan fingerprint density at radius 3 is 2.54 bits per heavy atom. The maximum atomic E-state index is 13.3. The summed E-state index contributed by atoms with van der Waals surface area (Å²) in [6, 6.07) is 23.8. The van der Waals surface area contributed by atoms with Gasteiger partial charge in [0.25, 0.3) is 5.91 Å². The first-order chi connectivity index (χ1) is 17.9. The molecule has 4 aromatic rings. The number of aromatic nitrogens is 1. The summed E-state index contributed by atoms with van der Waals surface area (Å²) in [6.07, 6.45) is 1.56. The first-order valence-electron chi connectivity index (χ1n) is 12.1. The number of nitrogens with zero attached hydrogens (tertiary/aromatic N) is 1. The third kappa shape index (κ3) is 5.87. The van der Waals surface area contributed by atoms with E-state index >= 15 is 0 Å². The maximum Gasteiger partial charge on any atom is 0.409 e. The van der Waals surface area contributed by atoms with Gasteiger partial charge >= 0.3 is 6.09 Å². The minimum Gasteiger partial charge on any atom is -0.415 e. The van der Waals surface area contributed by atoms with Gasteiger partial charge in [-0.05, 0) is 47.0 Å². The van der Waals surface area contributed by atoms with Gasteiger partial charge in [0.05, 0.1) is 0 Å². The van der Waals surface area contributed by atoms with Crippen LogP contribution in [0.5, 0.6) is 0 Å². The lowest BCUT2D eigenvalue weighted by molar-refractivity contribution is 0.0928. The number of halogens is 1. The number of carbonyl (C=O) groups is 2. The molecular weight excluding hydrogens is 471 g/mol. The number of amides is 2. The standard InChI is InChI=1S/C29H27FN4O3/c30-23-10-8-20(9-11-23)21-6-7-22-15-27(33-26(22)14-21)28(35)32-17-24-16-25(37-29(31)36)12-13-34(24)18-19-4-2-1-3-5-19/h1-11,14-16,24,33H,12-13,17-18H2,(H2,31,36)(H,32,35). The van der Waals surface area contributed by atoms with E-state index in [-0.39, 0.29) is 17.8 Å². The van der Waals surface area contributed by atoms with E-state index in [9.17, 15) is 14.0 Å². The highest BCUT2D eigenvalue weighted by Gasteiger charge is 2.25. The van der Waals surface area contributed by atoms with Crippen LogP contribution in [0.25, 0.3) is 22.0 Å². The third-order valence-corrected chi connectivity index (χ3v) is 6.47. The molecule has 2 amide bonds. The number of nitrogens with two attached hydrogens (primary N) is 1. The van der Waals surface area contributed by atoms with Crippen molar-refractivity contribution in [1.29, 1.82) is 0 Å². The summed E-state index contributed by atoms with van der Waals surface area (Å²) in [7, 11) is 0. The second kappa shape index (κ2) is 10.7. The molecule has 188 valence electrons. The Morgan fingerprint density at radius 2 is 1.78 bits per heavy atom. The van der Waals surface area contributed by atoms with Crippen molar-refractivity contribution < 1.29 is 18.7 Å². The minimum absolute atomic E-state index is 0.179. The Bertz CT molecular complexity index is 1450. The highest BCUT2D eigenvalue weighted by atomic mass is 19.1. The van der Waals surface area contributed by atoms with Gasteiger partial charge in [0.1, 0.15) is 17.3 Å². The van der Waals surface area contributed by atoms with Crippen molar-refractivity contribution in [1.82, 2.24) is 15.2 Å². The SMILES string of the molecule is NC(=O)OC1=CC(CNC(=O)c2cc3ccc(-c4ccc(F)cc4)cc3[nH]2)N(Cc2ccccc2)CC1. The molecule has 4 N–H and O–H groups in total. The number of hydrogen-bond acceptors (Lipinski definition) is 4. The lowest BCUT2D eigenvalue weighted by Gasteiger charge is -2.34. The van der Waals surface area contributed by atoms with Gasteiger partial charge in [-0.2, -0.15) is 0 Å². The Labute approximate surface area is 213 Å². The molecule has 0 bridgehead atoms. The lowest BCUT2D eigenvalue weighted by Crippen LogP contribution is -2.45. The fourth-order valence-corrected chi connectivity index (χ4v) is 4.60. The van der Waals surface area contributed by atoms with Gasteiger partial charge < -0.3 is 20.8 Å². The number of nitrogens with one attached hydrogen (secondary N) is 2. The van der Waals surface area contributed by atoms with Crippen molar-refractivity contribution in [3.63, 3.8) is 0 Å². The molecule has 0 saturated heterocycles. The highest BCUT2D eigenvalue weighted by molar-refractivity contribution is 5.98. The lowest BCUT2D eigenvalue weighted by atomic mass is 10.0. The molecule has 1 atom stereocenters. The summed E-state index contributed by atoms with van der Waals surface area (Å²) in [4.78, 5) is 29.7. The number of H-pyrrole nitrogens is 1. The molecule has 37 heavy (non-hydrogen) atoms. The number of rotatable bonds is 7. The first kappa shape index (κ1) is 24.3. The number of aromatic amines is 1. The van der Waals surface area contributed by atoms with Crippen LogP contribution in [0.3, 0.4) is 0 Å². The van der Waals surface area contributed by atoms with Crippen molar-refractivity contribution in [3.05, 3.63) is 108 Å². The van der Waals surface area contributed by atoms with Crippen LogP contribution in [0.4, 0.5) is 9.18 Å². The molecule has 1 aliphatic heterocycles. The van der Waals surface area contributed by atoms with Gasteiger partial charge in [0.2, 0.25) is 0 Å². The van der Waals surface area contributed by atoms with E-state index in [1.807, 2.05) is 42.5 Å². The van der Waals surface area contributed by atoms with Gasteiger partial charge in [-0.25, -0.2) is 9.18 Å². The molecule has 1 aromatic heterocycles. The Kier molecular flexibility index (Phi) is 7.00. The molecule has 2 heterocycles. The molecule has 0 fully saturated rings. The van der Waals surface area contributed by atoms with Crippen LogP contribution >= 0.6 is 0 Å². The quantitative estimate of drug-likeness (QED) is 0.335. The molecule has 3 aromatic carbocycles. The van der Waals surface area contributed by atoms with E-state index in [2.05, 4.69) is 27.3 Å². The predicted molar refractivity (Wildman–Crippen MR) is 140 cm³/mol. The van der Waals surface area contributed by atoms with Crippen LogP contribution in [0.2, 0.25) is 0 Å². The second-order valence-corrected chi connectivity index (χ2v) is 9.03. The average Bonchev–Trinajstić information content (AvgIpc) is 3.33. The number of carbonyl (C=O) groups excluding carboxylic acids is 2. The molecule has 5 rings (SSSR count). The Hall–Kier alpha value is -4.43. The molecule has 1 unspecified atom stereocenters. The molecule has 1 aliphatic rings. The Balaban J connectivity index is 1.30. The van der Waals surface area contributed by atoms with Crippen molar-refractivity contribution in [2.45, 2.75) is 19.0 Å². The zero-order valence-corrected chi connectivity index (χ0v) is 20.1. The van der Waals surface area contributed by atoms with E-state index in [1.54, 1.807) is 18.2 Å². The number of hydrogen-bond donors (Lipinski definition) is 3. The topological polar surface area (TPSA) is 100 Å². The van der Waals surface area contributed by atoms with E-state index in [0.29, 0.717) is 37.5 Å². The molecule has 0 radical (unpaired) electrons. The summed E-state index contributed by atoms with van der Waals surface area (Å²) >= 11 is 0. The zero-order chi connectivity index (χ0) is 25.8. The van der Waals surface area contributed by atoms with E-state index in [4.69, 9.17) is 10.5 Å². The fourth-order valence-electron chi connectivity index (χ4n) is 4.60. The number of primary amides is 1. The molecule has 0 saturated carbocycles. The minimum atomic E-state index is -0.844. The largest absolute Gasteiger partial charge is 0.415 e. The van der Waals surface area contributed by atoms with Gasteiger partial charge in [-0.1, -0.05) is 54.6 Å². The highest BCUT2D eigenvalue weighted by Crippen LogP contribution is 2.25. The van der Waals surface area contributed by atoms with Crippen LogP contribution in [-0.2, 0) is 11.3 Å². The molecule has 0 aliphatic carbocycles. The van der Waals surface area contributed by atoms with Crippen LogP contribution in [0.1, 0.15) is 22.5 Å². The van der Waals surface area contributed by atoms with Crippen LogP contribution in [-0.4, -0.2) is 41.0 Å². The molecule has 0 spiro atoms. The Morgan fingerprint density at radius 1 is 1.03 bits per heavy atom. The molecular formula is C29H27FN4O3. The number of benzene rings is 3. The summed E-state index contributed by atoms with van der Waals surface area (Å²) in [6.45, 7) is 1.68. The van der Waals surface area contributed by atoms with Crippen molar-refractivity contribution in [2.75, 3.05) is 13.1 Å². The summed E-state index contributed by atoms with van der Waals surface area (Å²) in [5, 5.41) is 3.90. The smallest absolute Gasteiger partial charge is 0.409 e. The number of ether oxygens (including phenoxy) is 1. The van der Waals surface area contributed by atoms with Crippen molar-refractivity contribution >= 4 is 22.9 Å². The van der Waals surface area contributed by atoms with Crippen molar-refractivity contribution in [3.8, 4) is 11.1 Å². The van der Waals surface area contributed by atoms with Gasteiger partial charge in [0.15, 0.2) is 0 Å². The van der Waals surface area contributed by atoms with Crippen molar-refractivity contribution in [2.24, 2.45) is 5.73 Å². The van der Waals surface area contributed by atoms with Gasteiger partial charge in [-0.3, -0.25) is 9.69 Å². The molecule has 7 nitrogen and oxygen atoms in total. The summed E-state index contributed by atoms with van der Waals surface area (Å²) < 4.78 is 18.4. The van der Waals surface area contributed by atoms with Crippen LogP contribution < -0.4 is 11.1 Å². The first-order valence-corrected chi connectivity index (χ1v) is 12.1. The third-order valence-electron chi connectivity index (χ3n) is 6.47. The maximum absolute atomic E-state index is 13.3. The normalized spacial score (nSPS) is 15.8.